The van der Waals surface area contributed by atoms with Gasteiger partial charge in [0.1, 0.15) is 0 Å². The Hall–Kier alpha value is -2.18. The van der Waals surface area contributed by atoms with Gasteiger partial charge >= 0.3 is 5.97 Å². The predicted octanol–water partition coefficient (Wildman–Crippen LogP) is 3.45. The van der Waals surface area contributed by atoms with Crippen LogP contribution < -0.4 is 5.32 Å². The molecule has 132 valence electrons. The van der Waals surface area contributed by atoms with Gasteiger partial charge in [0.2, 0.25) is 5.91 Å². The molecule has 0 radical (unpaired) electrons. The molecule has 0 bridgehead atoms. The van der Waals surface area contributed by atoms with Crippen molar-refractivity contribution in [3.8, 4) is 0 Å². The van der Waals surface area contributed by atoms with Crippen LogP contribution >= 0.6 is 15.9 Å². The van der Waals surface area contributed by atoms with Crippen molar-refractivity contribution in [3.05, 3.63) is 64.6 Å². The first-order valence-corrected chi connectivity index (χ1v) is 8.83. The number of carbonyl (C=O) groups excluding carboxylic acids is 2. The fourth-order valence-electron chi connectivity index (χ4n) is 2.37. The van der Waals surface area contributed by atoms with Gasteiger partial charge in [0.25, 0.3) is 0 Å². The van der Waals surface area contributed by atoms with Crippen molar-refractivity contribution in [2.75, 3.05) is 25.0 Å². The number of hydrogen-bond acceptors (Lipinski definition) is 4. The Morgan fingerprint density at radius 1 is 1.08 bits per heavy atom. The molecule has 1 N–H and O–H groups in total. The van der Waals surface area contributed by atoms with Gasteiger partial charge in [-0.25, -0.2) is 0 Å². The normalized spacial score (nSPS) is 10.5. The van der Waals surface area contributed by atoms with E-state index in [1.54, 1.807) is 11.8 Å². The highest BCUT2D eigenvalue weighted by molar-refractivity contribution is 9.10. The number of hydrogen-bond donors (Lipinski definition) is 1. The van der Waals surface area contributed by atoms with Gasteiger partial charge in [0.15, 0.2) is 0 Å². The second-order valence-corrected chi connectivity index (χ2v) is 6.41. The minimum atomic E-state index is -0.339. The van der Waals surface area contributed by atoms with Crippen molar-refractivity contribution in [1.29, 1.82) is 0 Å². The minimum Gasteiger partial charge on any atom is -0.465 e. The van der Waals surface area contributed by atoms with Crippen LogP contribution in [0.3, 0.4) is 0 Å². The lowest BCUT2D eigenvalue weighted by Crippen LogP contribution is -2.37. The summed E-state index contributed by atoms with van der Waals surface area (Å²) in [5.74, 6) is -0.521. The Labute approximate surface area is 156 Å². The third-order valence-corrected chi connectivity index (χ3v) is 3.88. The molecule has 0 unspecified atom stereocenters. The van der Waals surface area contributed by atoms with E-state index in [2.05, 4.69) is 21.2 Å². The summed E-state index contributed by atoms with van der Waals surface area (Å²) in [7, 11) is 0. The van der Waals surface area contributed by atoms with Crippen molar-refractivity contribution < 1.29 is 14.3 Å². The van der Waals surface area contributed by atoms with E-state index in [4.69, 9.17) is 4.74 Å². The maximum absolute atomic E-state index is 12.3. The number of anilines is 1. The number of esters is 1. The van der Waals surface area contributed by atoms with Crippen molar-refractivity contribution in [2.24, 2.45) is 0 Å². The number of rotatable bonds is 8. The lowest BCUT2D eigenvalue weighted by atomic mass is 10.2. The Morgan fingerprint density at radius 2 is 1.84 bits per heavy atom. The quantitative estimate of drug-likeness (QED) is 0.684. The highest BCUT2D eigenvalue weighted by Crippen LogP contribution is 2.15. The summed E-state index contributed by atoms with van der Waals surface area (Å²) in [6.45, 7) is 2.74. The van der Waals surface area contributed by atoms with Crippen LogP contribution in [0.5, 0.6) is 0 Å². The number of amides is 1. The molecule has 0 saturated heterocycles. The summed E-state index contributed by atoms with van der Waals surface area (Å²) in [6, 6.07) is 17.1. The molecule has 0 atom stereocenters. The maximum Gasteiger partial charge on any atom is 0.320 e. The standard InChI is InChI=1S/C19H21BrN2O3/c1-2-25-19(24)14-22(12-15-7-4-3-5-8-15)13-18(23)21-17-10-6-9-16(20)11-17/h3-11H,2,12-14H2,1H3,(H,21,23). The fraction of sp³-hybridized carbons (Fsp3) is 0.263. The van der Waals surface area contributed by atoms with Crippen LogP contribution in [0.15, 0.2) is 59.1 Å². The van der Waals surface area contributed by atoms with Crippen LogP contribution in [0.25, 0.3) is 0 Å². The Balaban J connectivity index is 2.00. The summed E-state index contributed by atoms with van der Waals surface area (Å²) in [4.78, 5) is 25.9. The molecular weight excluding hydrogens is 384 g/mol. The first-order valence-electron chi connectivity index (χ1n) is 8.04. The zero-order valence-corrected chi connectivity index (χ0v) is 15.7. The second kappa shape index (κ2) is 9.96. The first-order chi connectivity index (χ1) is 12.1. The molecule has 25 heavy (non-hydrogen) atoms. The summed E-state index contributed by atoms with van der Waals surface area (Å²) < 4.78 is 5.89. The number of carbonyl (C=O) groups is 2. The highest BCUT2D eigenvalue weighted by Gasteiger charge is 2.16. The van der Waals surface area contributed by atoms with Crippen molar-refractivity contribution in [3.63, 3.8) is 0 Å². The molecule has 5 nitrogen and oxygen atoms in total. The van der Waals surface area contributed by atoms with Gasteiger partial charge < -0.3 is 10.1 Å². The molecule has 0 heterocycles. The summed E-state index contributed by atoms with van der Waals surface area (Å²) >= 11 is 3.37. The largest absolute Gasteiger partial charge is 0.465 e. The molecule has 0 fully saturated rings. The minimum absolute atomic E-state index is 0.0641. The van der Waals surface area contributed by atoms with Crippen LogP contribution in [-0.4, -0.2) is 36.5 Å². The highest BCUT2D eigenvalue weighted by atomic mass is 79.9. The van der Waals surface area contributed by atoms with Crippen LogP contribution in [-0.2, 0) is 20.9 Å². The SMILES string of the molecule is CCOC(=O)CN(CC(=O)Nc1cccc(Br)c1)Cc1ccccc1. The Morgan fingerprint density at radius 3 is 2.52 bits per heavy atom. The smallest absolute Gasteiger partial charge is 0.320 e. The Kier molecular flexibility index (Phi) is 7.63. The molecular formula is C19H21BrN2O3. The maximum atomic E-state index is 12.3. The average Bonchev–Trinajstić information content (AvgIpc) is 2.55. The number of ether oxygens (including phenoxy) is 1. The number of nitrogens with zero attached hydrogens (tertiary/aromatic N) is 1. The van der Waals surface area contributed by atoms with Crippen LogP contribution in [0.4, 0.5) is 5.69 Å². The molecule has 2 aromatic carbocycles. The molecule has 0 saturated carbocycles. The van der Waals surface area contributed by atoms with Crippen LogP contribution in [0.1, 0.15) is 12.5 Å². The van der Waals surface area contributed by atoms with Crippen LogP contribution in [0.2, 0.25) is 0 Å². The van der Waals surface area contributed by atoms with E-state index >= 15 is 0 Å². The van der Waals surface area contributed by atoms with Crippen molar-refractivity contribution in [1.82, 2.24) is 4.90 Å². The zero-order chi connectivity index (χ0) is 18.1. The van der Waals surface area contributed by atoms with E-state index in [0.717, 1.165) is 10.0 Å². The summed E-state index contributed by atoms with van der Waals surface area (Å²) in [5, 5.41) is 2.84. The molecule has 2 rings (SSSR count). The van der Waals surface area contributed by atoms with Gasteiger partial charge in [-0.05, 0) is 30.7 Å². The van der Waals surface area contributed by atoms with E-state index in [0.29, 0.717) is 18.8 Å². The van der Waals surface area contributed by atoms with E-state index in [1.807, 2.05) is 54.6 Å². The van der Waals surface area contributed by atoms with Crippen LogP contribution in [0, 0.1) is 0 Å². The fourth-order valence-corrected chi connectivity index (χ4v) is 2.77. The van der Waals surface area contributed by atoms with E-state index < -0.39 is 0 Å². The lowest BCUT2D eigenvalue weighted by molar-refractivity contribution is -0.144. The van der Waals surface area contributed by atoms with Gasteiger partial charge in [-0.2, -0.15) is 0 Å². The lowest BCUT2D eigenvalue weighted by Gasteiger charge is -2.21. The molecule has 6 heteroatoms. The molecule has 0 aliphatic rings. The number of nitrogens with one attached hydrogen (secondary N) is 1. The van der Waals surface area contributed by atoms with E-state index in [9.17, 15) is 9.59 Å². The summed E-state index contributed by atoms with van der Waals surface area (Å²) in [6.07, 6.45) is 0. The van der Waals surface area contributed by atoms with E-state index in [1.165, 1.54) is 0 Å². The average molecular weight is 405 g/mol. The van der Waals surface area contributed by atoms with Gasteiger partial charge in [0, 0.05) is 16.7 Å². The molecule has 0 aromatic heterocycles. The molecule has 1 amide bonds. The molecule has 0 aliphatic heterocycles. The third-order valence-electron chi connectivity index (χ3n) is 3.38. The van der Waals surface area contributed by atoms with Gasteiger partial charge in [-0.3, -0.25) is 14.5 Å². The Bertz CT molecular complexity index is 707. The first kappa shape index (κ1) is 19.1. The molecule has 2 aromatic rings. The number of halogens is 1. The van der Waals surface area contributed by atoms with Gasteiger partial charge in [-0.1, -0.05) is 52.3 Å². The zero-order valence-electron chi connectivity index (χ0n) is 14.1. The number of benzene rings is 2. The van der Waals surface area contributed by atoms with E-state index in [-0.39, 0.29) is 25.0 Å². The third kappa shape index (κ3) is 7.07. The topological polar surface area (TPSA) is 58.6 Å². The summed E-state index contributed by atoms with van der Waals surface area (Å²) in [5.41, 5.74) is 1.73. The second-order valence-electron chi connectivity index (χ2n) is 5.49. The predicted molar refractivity (Wildman–Crippen MR) is 101 cm³/mol. The van der Waals surface area contributed by atoms with Gasteiger partial charge in [-0.15, -0.1) is 0 Å². The monoisotopic (exact) mass is 404 g/mol. The van der Waals surface area contributed by atoms with Gasteiger partial charge in [0.05, 0.1) is 19.7 Å². The molecule has 0 aliphatic carbocycles. The van der Waals surface area contributed by atoms with Crippen molar-refractivity contribution >= 4 is 33.5 Å². The van der Waals surface area contributed by atoms with Crippen molar-refractivity contribution in [2.45, 2.75) is 13.5 Å². The molecule has 0 spiro atoms.